The van der Waals surface area contributed by atoms with Crippen LogP contribution in [0, 0.1) is 6.92 Å². The maximum absolute atomic E-state index is 11.1. The minimum atomic E-state index is -1.01. The quantitative estimate of drug-likeness (QED) is 0.909. The molecule has 0 amide bonds. The molecule has 0 bridgehead atoms. The highest BCUT2D eigenvalue weighted by Crippen LogP contribution is 2.23. The van der Waals surface area contributed by atoms with Gasteiger partial charge in [0.1, 0.15) is 11.4 Å². The van der Waals surface area contributed by atoms with Crippen LogP contribution in [-0.4, -0.2) is 16.1 Å². The number of aromatic carboxylic acids is 1. The molecule has 0 fully saturated rings. The van der Waals surface area contributed by atoms with Gasteiger partial charge < -0.3 is 10.4 Å². The van der Waals surface area contributed by atoms with E-state index in [1.807, 2.05) is 31.2 Å². The molecule has 0 unspecified atom stereocenters. The van der Waals surface area contributed by atoms with Crippen LogP contribution in [0.1, 0.15) is 15.9 Å². The molecule has 4 nitrogen and oxygen atoms in total. The van der Waals surface area contributed by atoms with Gasteiger partial charge >= 0.3 is 5.97 Å². The van der Waals surface area contributed by atoms with Crippen molar-refractivity contribution in [1.29, 1.82) is 0 Å². The van der Waals surface area contributed by atoms with Gasteiger partial charge in [0, 0.05) is 16.4 Å². The van der Waals surface area contributed by atoms with Crippen LogP contribution in [-0.2, 0) is 0 Å². The number of carboxylic acid groups (broad SMARTS) is 1. The van der Waals surface area contributed by atoms with Crippen molar-refractivity contribution in [3.8, 4) is 0 Å². The van der Waals surface area contributed by atoms with E-state index in [2.05, 4.69) is 26.2 Å². The Morgan fingerprint density at radius 1 is 1.39 bits per heavy atom. The second-order valence-corrected chi connectivity index (χ2v) is 4.71. The van der Waals surface area contributed by atoms with Crippen molar-refractivity contribution in [2.75, 3.05) is 5.32 Å². The molecule has 0 aliphatic heterocycles. The van der Waals surface area contributed by atoms with Crippen molar-refractivity contribution >= 4 is 33.4 Å². The molecule has 1 aromatic carbocycles. The molecule has 1 heterocycles. The first-order chi connectivity index (χ1) is 8.58. The lowest BCUT2D eigenvalue weighted by atomic mass is 10.2. The van der Waals surface area contributed by atoms with Gasteiger partial charge in [-0.3, -0.25) is 0 Å². The number of hydrogen-bond acceptors (Lipinski definition) is 3. The average Bonchev–Trinajstić information content (AvgIpc) is 2.34. The summed E-state index contributed by atoms with van der Waals surface area (Å²) in [6.45, 7) is 1.95. The number of carbonyl (C=O) groups is 1. The van der Waals surface area contributed by atoms with Crippen molar-refractivity contribution in [3.05, 3.63) is 52.1 Å². The highest BCUT2D eigenvalue weighted by Gasteiger charge is 2.12. The van der Waals surface area contributed by atoms with Crippen molar-refractivity contribution in [2.24, 2.45) is 0 Å². The molecule has 0 atom stereocenters. The maximum Gasteiger partial charge on any atom is 0.339 e. The summed E-state index contributed by atoms with van der Waals surface area (Å²) in [6, 6.07) is 9.16. The molecule has 2 aromatic rings. The average molecular weight is 307 g/mol. The molecule has 0 saturated heterocycles. The normalized spacial score (nSPS) is 10.1. The van der Waals surface area contributed by atoms with Gasteiger partial charge in [-0.1, -0.05) is 18.2 Å². The van der Waals surface area contributed by atoms with Crippen molar-refractivity contribution < 1.29 is 9.90 Å². The van der Waals surface area contributed by atoms with Gasteiger partial charge in [0.2, 0.25) is 0 Å². The third-order valence-corrected chi connectivity index (χ3v) is 2.92. The van der Waals surface area contributed by atoms with Crippen LogP contribution in [0.15, 0.2) is 41.0 Å². The summed E-state index contributed by atoms with van der Waals surface area (Å²) in [5.74, 6) is -0.681. The van der Waals surface area contributed by atoms with E-state index in [4.69, 9.17) is 5.11 Å². The zero-order valence-electron chi connectivity index (χ0n) is 9.64. The van der Waals surface area contributed by atoms with Gasteiger partial charge in [0.25, 0.3) is 0 Å². The second kappa shape index (κ2) is 5.18. The molecule has 0 spiro atoms. The van der Waals surface area contributed by atoms with E-state index in [1.165, 1.54) is 6.07 Å². The number of pyridine rings is 1. The Balaban J connectivity index is 2.41. The SMILES string of the molecule is Cc1ccccc1Nc1ncc(Br)cc1C(=O)O. The summed E-state index contributed by atoms with van der Waals surface area (Å²) in [7, 11) is 0. The molecule has 0 aliphatic rings. The summed E-state index contributed by atoms with van der Waals surface area (Å²) in [5, 5.41) is 12.2. The van der Waals surface area contributed by atoms with Crippen LogP contribution in [0.2, 0.25) is 0 Å². The first-order valence-electron chi connectivity index (χ1n) is 5.29. The third kappa shape index (κ3) is 2.68. The molecule has 1 aromatic heterocycles. The van der Waals surface area contributed by atoms with Gasteiger partial charge in [0.15, 0.2) is 0 Å². The molecule has 2 rings (SSSR count). The Kier molecular flexibility index (Phi) is 3.62. The van der Waals surface area contributed by atoms with Crippen LogP contribution in [0.25, 0.3) is 0 Å². The second-order valence-electron chi connectivity index (χ2n) is 3.79. The Morgan fingerprint density at radius 3 is 2.78 bits per heavy atom. The van der Waals surface area contributed by atoms with Gasteiger partial charge in [-0.05, 0) is 40.5 Å². The van der Waals surface area contributed by atoms with Crippen molar-refractivity contribution in [1.82, 2.24) is 4.98 Å². The molecule has 0 saturated carbocycles. The number of aryl methyl sites for hydroxylation is 1. The summed E-state index contributed by atoms with van der Waals surface area (Å²) in [4.78, 5) is 15.2. The Bertz CT molecular complexity index is 599. The number of para-hydroxylation sites is 1. The lowest BCUT2D eigenvalue weighted by molar-refractivity contribution is 0.0697. The van der Waals surface area contributed by atoms with Crippen LogP contribution >= 0.6 is 15.9 Å². The fraction of sp³-hybridized carbons (Fsp3) is 0.0769. The lowest BCUT2D eigenvalue weighted by Crippen LogP contribution is -2.05. The first-order valence-corrected chi connectivity index (χ1v) is 6.08. The van der Waals surface area contributed by atoms with E-state index in [9.17, 15) is 4.79 Å². The molecule has 2 N–H and O–H groups in total. The van der Waals surface area contributed by atoms with E-state index in [-0.39, 0.29) is 5.56 Å². The van der Waals surface area contributed by atoms with Crippen molar-refractivity contribution in [2.45, 2.75) is 6.92 Å². The number of nitrogens with zero attached hydrogens (tertiary/aromatic N) is 1. The van der Waals surface area contributed by atoms with E-state index in [0.29, 0.717) is 10.3 Å². The molecule has 0 radical (unpaired) electrons. The fourth-order valence-electron chi connectivity index (χ4n) is 1.54. The summed E-state index contributed by atoms with van der Waals surface area (Å²) >= 11 is 3.21. The van der Waals surface area contributed by atoms with Crippen LogP contribution < -0.4 is 5.32 Å². The summed E-state index contributed by atoms with van der Waals surface area (Å²) in [5.41, 5.74) is 2.00. The van der Waals surface area contributed by atoms with Gasteiger partial charge in [0.05, 0.1) is 0 Å². The molecular formula is C13H11BrN2O2. The number of hydrogen-bond donors (Lipinski definition) is 2. The molecular weight excluding hydrogens is 296 g/mol. The third-order valence-electron chi connectivity index (χ3n) is 2.48. The molecule has 5 heteroatoms. The Hall–Kier alpha value is -1.88. The lowest BCUT2D eigenvalue weighted by Gasteiger charge is -2.10. The van der Waals surface area contributed by atoms with E-state index < -0.39 is 5.97 Å². The molecule has 0 aliphatic carbocycles. The number of halogens is 1. The van der Waals surface area contributed by atoms with Gasteiger partial charge in [-0.2, -0.15) is 0 Å². The van der Waals surface area contributed by atoms with Crippen LogP contribution in [0.4, 0.5) is 11.5 Å². The summed E-state index contributed by atoms with van der Waals surface area (Å²) in [6.07, 6.45) is 1.56. The number of anilines is 2. The number of nitrogens with one attached hydrogen (secondary N) is 1. The van der Waals surface area contributed by atoms with Gasteiger partial charge in [-0.25, -0.2) is 9.78 Å². The predicted molar refractivity (Wildman–Crippen MR) is 73.4 cm³/mol. The molecule has 18 heavy (non-hydrogen) atoms. The minimum Gasteiger partial charge on any atom is -0.478 e. The number of carboxylic acids is 1. The Morgan fingerprint density at radius 2 is 2.11 bits per heavy atom. The van der Waals surface area contributed by atoms with Crippen LogP contribution in [0.3, 0.4) is 0 Å². The first kappa shape index (κ1) is 12.6. The number of aromatic nitrogens is 1. The zero-order chi connectivity index (χ0) is 13.1. The van der Waals surface area contributed by atoms with Crippen LogP contribution in [0.5, 0.6) is 0 Å². The van der Waals surface area contributed by atoms with Gasteiger partial charge in [-0.15, -0.1) is 0 Å². The van der Waals surface area contributed by atoms with E-state index >= 15 is 0 Å². The van der Waals surface area contributed by atoms with E-state index in [0.717, 1.165) is 11.3 Å². The van der Waals surface area contributed by atoms with Crippen molar-refractivity contribution in [3.63, 3.8) is 0 Å². The number of rotatable bonds is 3. The highest BCUT2D eigenvalue weighted by molar-refractivity contribution is 9.10. The molecule has 92 valence electrons. The van der Waals surface area contributed by atoms with E-state index in [1.54, 1.807) is 6.20 Å². The smallest absolute Gasteiger partial charge is 0.339 e. The minimum absolute atomic E-state index is 0.132. The summed E-state index contributed by atoms with van der Waals surface area (Å²) < 4.78 is 0.634. The highest BCUT2D eigenvalue weighted by atomic mass is 79.9. The topological polar surface area (TPSA) is 62.2 Å². The standard InChI is InChI=1S/C13H11BrN2O2/c1-8-4-2-3-5-11(8)16-12-10(13(17)18)6-9(14)7-15-12/h2-7H,1H3,(H,15,16)(H,17,18). The zero-order valence-corrected chi connectivity index (χ0v) is 11.2. The maximum atomic E-state index is 11.1. The largest absolute Gasteiger partial charge is 0.478 e. The Labute approximate surface area is 113 Å². The monoisotopic (exact) mass is 306 g/mol. The predicted octanol–water partition coefficient (Wildman–Crippen LogP) is 3.59. The fourth-order valence-corrected chi connectivity index (χ4v) is 1.87. The number of benzene rings is 1.